The first-order chi connectivity index (χ1) is 14.4. The molecular formula is C21H26IN5O3S. The summed E-state index contributed by atoms with van der Waals surface area (Å²) in [4.78, 5) is 8.90. The van der Waals surface area contributed by atoms with Crippen LogP contribution in [0.4, 0.5) is 0 Å². The van der Waals surface area contributed by atoms with Crippen LogP contribution in [0, 0.1) is 6.92 Å². The smallest absolute Gasteiger partial charge is 0.240 e. The normalized spacial score (nSPS) is 11.6. The minimum atomic E-state index is -3.48. The Morgan fingerprint density at radius 3 is 2.48 bits per heavy atom. The molecule has 0 fully saturated rings. The van der Waals surface area contributed by atoms with Gasteiger partial charge in [-0.1, -0.05) is 29.8 Å². The lowest BCUT2D eigenvalue weighted by atomic mass is 10.1. The van der Waals surface area contributed by atoms with E-state index in [4.69, 9.17) is 4.42 Å². The number of oxazole rings is 1. The third-order valence-corrected chi connectivity index (χ3v) is 5.86. The summed E-state index contributed by atoms with van der Waals surface area (Å²) in [6.07, 6.45) is 1.61. The van der Waals surface area contributed by atoms with Crippen LogP contribution < -0.4 is 15.4 Å². The summed E-state index contributed by atoms with van der Waals surface area (Å²) in [5, 5.41) is 6.33. The van der Waals surface area contributed by atoms with Gasteiger partial charge in [0.1, 0.15) is 6.26 Å². The summed E-state index contributed by atoms with van der Waals surface area (Å²) in [6.45, 7) is 2.88. The molecular weight excluding hydrogens is 529 g/mol. The number of aromatic nitrogens is 1. The molecule has 3 N–H and O–H groups in total. The van der Waals surface area contributed by atoms with E-state index in [0.717, 1.165) is 16.8 Å². The second kappa shape index (κ2) is 11.3. The highest BCUT2D eigenvalue weighted by Crippen LogP contribution is 2.19. The molecule has 0 saturated carbocycles. The van der Waals surface area contributed by atoms with Crippen molar-refractivity contribution in [2.75, 3.05) is 14.1 Å². The first-order valence-electron chi connectivity index (χ1n) is 9.40. The highest BCUT2D eigenvalue weighted by atomic mass is 127. The van der Waals surface area contributed by atoms with Crippen LogP contribution in [0.15, 0.2) is 69.1 Å². The van der Waals surface area contributed by atoms with Gasteiger partial charge in [-0.05, 0) is 43.8 Å². The highest BCUT2D eigenvalue weighted by molar-refractivity contribution is 14.0. The van der Waals surface area contributed by atoms with Gasteiger partial charge in [-0.15, -0.1) is 24.0 Å². The van der Waals surface area contributed by atoms with Crippen molar-refractivity contribution in [1.29, 1.82) is 0 Å². The second-order valence-corrected chi connectivity index (χ2v) is 8.53. The molecule has 2 aromatic carbocycles. The van der Waals surface area contributed by atoms with Gasteiger partial charge in [-0.3, -0.25) is 4.99 Å². The number of benzene rings is 2. The lowest BCUT2D eigenvalue weighted by Crippen LogP contribution is -2.36. The molecule has 0 spiro atoms. The van der Waals surface area contributed by atoms with Crippen molar-refractivity contribution in [3.05, 3.63) is 71.6 Å². The van der Waals surface area contributed by atoms with Crippen molar-refractivity contribution >= 4 is 40.0 Å². The molecule has 0 atom stereocenters. The number of aliphatic imine (C=N–C) groups is 1. The van der Waals surface area contributed by atoms with E-state index in [2.05, 4.69) is 25.3 Å². The number of halogens is 1. The van der Waals surface area contributed by atoms with Crippen molar-refractivity contribution in [1.82, 2.24) is 20.3 Å². The van der Waals surface area contributed by atoms with E-state index in [9.17, 15) is 8.42 Å². The fourth-order valence-electron chi connectivity index (χ4n) is 2.74. The molecule has 0 aliphatic rings. The Bertz CT molecular complexity index is 1130. The summed E-state index contributed by atoms with van der Waals surface area (Å²) in [5.41, 5.74) is 3.66. The average molecular weight is 555 g/mol. The fraction of sp³-hybridized carbons (Fsp3) is 0.238. The molecule has 1 heterocycles. The van der Waals surface area contributed by atoms with Crippen LogP contribution in [0.5, 0.6) is 0 Å². The SMILES string of the molecule is CN=C(NCc1cccc(S(=O)(=O)NC)c1)NCc1coc(-c2ccc(C)cc2)n1.I. The summed E-state index contributed by atoms with van der Waals surface area (Å²) >= 11 is 0. The molecule has 0 bridgehead atoms. The largest absolute Gasteiger partial charge is 0.444 e. The zero-order chi connectivity index (χ0) is 21.6. The standard InChI is InChI=1S/C21H25N5O3S.HI/c1-15-7-9-17(10-8-15)20-26-18(14-29-20)13-25-21(22-2)24-12-16-5-4-6-19(11-16)30(27,28)23-3;/h4-11,14,23H,12-13H2,1-3H3,(H2,22,24,25);1H. The van der Waals surface area contributed by atoms with Gasteiger partial charge in [0.25, 0.3) is 0 Å². The lowest BCUT2D eigenvalue weighted by Gasteiger charge is -2.11. The molecule has 1 aromatic heterocycles. The van der Waals surface area contributed by atoms with Crippen LogP contribution in [0.3, 0.4) is 0 Å². The highest BCUT2D eigenvalue weighted by Gasteiger charge is 2.12. The topological polar surface area (TPSA) is 109 Å². The monoisotopic (exact) mass is 555 g/mol. The van der Waals surface area contributed by atoms with Crippen LogP contribution >= 0.6 is 24.0 Å². The van der Waals surface area contributed by atoms with Crippen LogP contribution in [0.1, 0.15) is 16.8 Å². The third kappa shape index (κ3) is 6.77. The molecule has 0 aliphatic heterocycles. The number of sulfonamides is 1. The van der Waals surface area contributed by atoms with Crippen LogP contribution in [0.25, 0.3) is 11.5 Å². The second-order valence-electron chi connectivity index (χ2n) is 6.64. The van der Waals surface area contributed by atoms with E-state index in [1.807, 2.05) is 37.3 Å². The Balaban J connectivity index is 0.00000341. The molecule has 0 unspecified atom stereocenters. The van der Waals surface area contributed by atoms with E-state index >= 15 is 0 Å². The third-order valence-electron chi connectivity index (χ3n) is 4.45. The molecule has 31 heavy (non-hydrogen) atoms. The lowest BCUT2D eigenvalue weighted by molar-refractivity contribution is 0.572. The van der Waals surface area contributed by atoms with Crippen LogP contribution in [-0.4, -0.2) is 33.5 Å². The van der Waals surface area contributed by atoms with Crippen molar-refractivity contribution in [2.45, 2.75) is 24.9 Å². The molecule has 166 valence electrons. The molecule has 8 nitrogen and oxygen atoms in total. The zero-order valence-corrected chi connectivity index (χ0v) is 20.7. The predicted octanol–water partition coefficient (Wildman–Crippen LogP) is 3.04. The quantitative estimate of drug-likeness (QED) is 0.235. The number of rotatable bonds is 7. The predicted molar refractivity (Wildman–Crippen MR) is 132 cm³/mol. The van der Waals surface area contributed by atoms with E-state index < -0.39 is 10.0 Å². The molecule has 3 aromatic rings. The van der Waals surface area contributed by atoms with Gasteiger partial charge >= 0.3 is 0 Å². The summed E-state index contributed by atoms with van der Waals surface area (Å²) in [7, 11) is -0.423. The molecule has 0 amide bonds. The Morgan fingerprint density at radius 1 is 1.10 bits per heavy atom. The van der Waals surface area contributed by atoms with Crippen LogP contribution in [0.2, 0.25) is 0 Å². The van der Waals surface area contributed by atoms with Gasteiger partial charge in [0.15, 0.2) is 5.96 Å². The average Bonchev–Trinajstić information content (AvgIpc) is 3.23. The Morgan fingerprint density at radius 2 is 1.81 bits per heavy atom. The van der Waals surface area contributed by atoms with Gasteiger partial charge in [0.2, 0.25) is 15.9 Å². The van der Waals surface area contributed by atoms with Crippen molar-refractivity contribution < 1.29 is 12.8 Å². The molecule has 3 rings (SSSR count). The maximum Gasteiger partial charge on any atom is 0.240 e. The molecule has 10 heteroatoms. The first kappa shape index (κ1) is 24.8. The maximum absolute atomic E-state index is 11.9. The van der Waals surface area contributed by atoms with Gasteiger partial charge in [-0.2, -0.15) is 0 Å². The molecule has 0 radical (unpaired) electrons. The number of guanidine groups is 1. The summed E-state index contributed by atoms with van der Waals surface area (Å²) < 4.78 is 31.8. The number of nitrogens with zero attached hydrogens (tertiary/aromatic N) is 2. The van der Waals surface area contributed by atoms with Crippen LogP contribution in [-0.2, 0) is 23.1 Å². The van der Waals surface area contributed by atoms with Gasteiger partial charge in [0.05, 0.1) is 17.1 Å². The summed E-state index contributed by atoms with van der Waals surface area (Å²) in [6, 6.07) is 14.7. The van der Waals surface area contributed by atoms with Gasteiger partial charge in [0, 0.05) is 19.2 Å². The number of nitrogens with one attached hydrogen (secondary N) is 3. The fourth-order valence-corrected chi connectivity index (χ4v) is 3.54. The Kier molecular flexibility index (Phi) is 9.01. The van der Waals surface area contributed by atoms with E-state index in [1.54, 1.807) is 31.5 Å². The van der Waals surface area contributed by atoms with E-state index in [-0.39, 0.29) is 28.9 Å². The van der Waals surface area contributed by atoms with Crippen molar-refractivity contribution in [2.24, 2.45) is 4.99 Å². The number of aryl methyl sites for hydroxylation is 1. The molecule has 0 saturated heterocycles. The summed E-state index contributed by atoms with van der Waals surface area (Å²) in [5.74, 6) is 1.13. The first-order valence-corrected chi connectivity index (χ1v) is 10.9. The van der Waals surface area contributed by atoms with Crippen molar-refractivity contribution in [3.63, 3.8) is 0 Å². The zero-order valence-electron chi connectivity index (χ0n) is 17.5. The van der Waals surface area contributed by atoms with E-state index in [1.165, 1.54) is 12.6 Å². The minimum absolute atomic E-state index is 0. The van der Waals surface area contributed by atoms with Gasteiger partial charge < -0.3 is 15.1 Å². The van der Waals surface area contributed by atoms with Crippen molar-refractivity contribution in [3.8, 4) is 11.5 Å². The van der Waals surface area contributed by atoms with E-state index in [0.29, 0.717) is 24.9 Å². The number of hydrogen-bond donors (Lipinski definition) is 3. The molecule has 0 aliphatic carbocycles. The number of hydrogen-bond acceptors (Lipinski definition) is 5. The maximum atomic E-state index is 11.9. The Hall–Kier alpha value is -2.44. The van der Waals surface area contributed by atoms with Gasteiger partial charge in [-0.25, -0.2) is 18.1 Å². The minimum Gasteiger partial charge on any atom is -0.444 e. The Labute approximate surface area is 199 Å².